The first-order chi connectivity index (χ1) is 8.90. The molecule has 0 spiro atoms. The average Bonchev–Trinajstić information content (AvgIpc) is 2.69. The van der Waals surface area contributed by atoms with Crippen LogP contribution in [0.5, 0.6) is 0 Å². The molecule has 0 bridgehead atoms. The molecule has 1 aliphatic rings. The van der Waals surface area contributed by atoms with Gasteiger partial charge in [0.25, 0.3) is 0 Å². The van der Waals surface area contributed by atoms with Gasteiger partial charge in [0.15, 0.2) is 0 Å². The third-order valence-corrected chi connectivity index (χ3v) is 3.69. The van der Waals surface area contributed by atoms with Crippen molar-refractivity contribution in [3.8, 4) is 0 Å². The minimum atomic E-state index is 0.653. The first-order valence-corrected chi connectivity index (χ1v) is 7.13. The van der Waals surface area contributed by atoms with E-state index in [1.807, 2.05) is 6.20 Å². The molecule has 0 unspecified atom stereocenters. The quantitative estimate of drug-likeness (QED) is 0.603. The third kappa shape index (κ3) is 4.10. The maximum atomic E-state index is 5.01. The van der Waals surface area contributed by atoms with Crippen LogP contribution >= 0.6 is 0 Å². The molecule has 4 nitrogen and oxygen atoms in total. The highest BCUT2D eigenvalue weighted by molar-refractivity contribution is 5.05. The molecule has 1 saturated carbocycles. The van der Waals surface area contributed by atoms with Gasteiger partial charge >= 0.3 is 0 Å². The van der Waals surface area contributed by atoms with Crippen LogP contribution in [-0.4, -0.2) is 30.2 Å². The summed E-state index contributed by atoms with van der Waals surface area (Å²) in [5.74, 6) is 1.85. The van der Waals surface area contributed by atoms with Crippen LogP contribution in [0.1, 0.15) is 56.0 Å². The first kappa shape index (κ1) is 13.6. The van der Waals surface area contributed by atoms with E-state index in [0.29, 0.717) is 5.92 Å². The molecule has 1 heterocycles. The van der Waals surface area contributed by atoms with Crippen molar-refractivity contribution in [2.24, 2.45) is 0 Å². The number of aromatic amines is 1. The van der Waals surface area contributed by atoms with Gasteiger partial charge < -0.3 is 15.0 Å². The van der Waals surface area contributed by atoms with Crippen molar-refractivity contribution in [2.45, 2.75) is 51.0 Å². The van der Waals surface area contributed by atoms with Gasteiger partial charge in [0.2, 0.25) is 0 Å². The molecule has 1 aliphatic carbocycles. The molecule has 0 saturated heterocycles. The van der Waals surface area contributed by atoms with E-state index in [9.17, 15) is 0 Å². The second-order valence-electron chi connectivity index (χ2n) is 5.15. The minimum Gasteiger partial charge on any atom is -0.383 e. The Kier molecular flexibility index (Phi) is 5.68. The summed E-state index contributed by atoms with van der Waals surface area (Å²) in [7, 11) is 1.72. The van der Waals surface area contributed by atoms with Crippen LogP contribution in [0.4, 0.5) is 0 Å². The van der Waals surface area contributed by atoms with Gasteiger partial charge in [0.1, 0.15) is 5.82 Å². The second-order valence-corrected chi connectivity index (χ2v) is 5.15. The maximum absolute atomic E-state index is 5.01. The first-order valence-electron chi connectivity index (χ1n) is 7.13. The zero-order chi connectivity index (χ0) is 12.6. The van der Waals surface area contributed by atoms with E-state index in [4.69, 9.17) is 4.74 Å². The topological polar surface area (TPSA) is 49.9 Å². The van der Waals surface area contributed by atoms with E-state index in [0.717, 1.165) is 19.7 Å². The molecular weight excluding hydrogens is 226 g/mol. The number of aromatic nitrogens is 2. The lowest BCUT2D eigenvalue weighted by Gasteiger charge is -2.10. The fourth-order valence-electron chi connectivity index (χ4n) is 2.62. The van der Waals surface area contributed by atoms with Crippen molar-refractivity contribution in [3.63, 3.8) is 0 Å². The fraction of sp³-hybridized carbons (Fsp3) is 0.786. The fourth-order valence-corrected chi connectivity index (χ4v) is 2.62. The van der Waals surface area contributed by atoms with Gasteiger partial charge in [-0.1, -0.05) is 25.7 Å². The molecule has 4 heteroatoms. The number of nitrogens with one attached hydrogen (secondary N) is 2. The van der Waals surface area contributed by atoms with Gasteiger partial charge in [-0.2, -0.15) is 0 Å². The number of ether oxygens (including phenoxy) is 1. The van der Waals surface area contributed by atoms with Crippen molar-refractivity contribution in [1.29, 1.82) is 0 Å². The van der Waals surface area contributed by atoms with E-state index in [-0.39, 0.29) is 0 Å². The van der Waals surface area contributed by atoms with Gasteiger partial charge in [-0.15, -0.1) is 0 Å². The molecule has 0 aromatic carbocycles. The highest BCUT2D eigenvalue weighted by Crippen LogP contribution is 2.29. The summed E-state index contributed by atoms with van der Waals surface area (Å²) in [6.07, 6.45) is 10.1. The number of hydrogen-bond acceptors (Lipinski definition) is 3. The molecule has 0 radical (unpaired) electrons. The van der Waals surface area contributed by atoms with Crippen molar-refractivity contribution in [3.05, 3.63) is 17.7 Å². The Hall–Kier alpha value is -0.870. The van der Waals surface area contributed by atoms with Crippen molar-refractivity contribution < 1.29 is 4.74 Å². The summed E-state index contributed by atoms with van der Waals surface area (Å²) in [5, 5.41) is 3.33. The molecule has 18 heavy (non-hydrogen) atoms. The molecule has 0 amide bonds. The zero-order valence-electron chi connectivity index (χ0n) is 11.4. The van der Waals surface area contributed by atoms with E-state index in [2.05, 4.69) is 15.3 Å². The van der Waals surface area contributed by atoms with E-state index in [1.165, 1.54) is 50.0 Å². The summed E-state index contributed by atoms with van der Waals surface area (Å²) in [6.45, 7) is 2.49. The molecule has 2 N–H and O–H groups in total. The summed E-state index contributed by atoms with van der Waals surface area (Å²) < 4.78 is 5.01. The highest BCUT2D eigenvalue weighted by atomic mass is 16.5. The number of imidazole rings is 1. The van der Waals surface area contributed by atoms with Crippen LogP contribution in [-0.2, 0) is 11.3 Å². The normalized spacial score (nSPS) is 17.8. The summed E-state index contributed by atoms with van der Waals surface area (Å²) >= 11 is 0. The molecule has 1 aromatic heterocycles. The monoisotopic (exact) mass is 251 g/mol. The largest absolute Gasteiger partial charge is 0.383 e. The van der Waals surface area contributed by atoms with Crippen LogP contribution < -0.4 is 5.32 Å². The molecule has 2 rings (SSSR count). The second kappa shape index (κ2) is 7.54. The lowest BCUT2D eigenvalue weighted by atomic mass is 10.00. The van der Waals surface area contributed by atoms with Gasteiger partial charge in [-0.05, 0) is 12.8 Å². The maximum Gasteiger partial charge on any atom is 0.109 e. The predicted molar refractivity (Wildman–Crippen MR) is 72.6 cm³/mol. The van der Waals surface area contributed by atoms with Crippen LogP contribution in [0.25, 0.3) is 0 Å². The van der Waals surface area contributed by atoms with E-state index < -0.39 is 0 Å². The SMILES string of the molecule is COCCNCc1cnc(C2CCCCCC2)[nH]1. The van der Waals surface area contributed by atoms with Crippen LogP contribution in [0.15, 0.2) is 6.20 Å². The Morgan fingerprint density at radius 3 is 2.83 bits per heavy atom. The molecule has 1 aromatic rings. The molecular formula is C14H25N3O. The minimum absolute atomic E-state index is 0.653. The Morgan fingerprint density at radius 2 is 2.11 bits per heavy atom. The highest BCUT2D eigenvalue weighted by Gasteiger charge is 2.16. The Bertz CT molecular complexity index is 330. The number of nitrogens with zero attached hydrogens (tertiary/aromatic N) is 1. The predicted octanol–water partition coefficient (Wildman–Crippen LogP) is 2.58. The summed E-state index contributed by atoms with van der Waals surface area (Å²) in [6, 6.07) is 0. The van der Waals surface area contributed by atoms with Gasteiger partial charge in [0.05, 0.1) is 6.61 Å². The van der Waals surface area contributed by atoms with Crippen LogP contribution in [0, 0.1) is 0 Å². The van der Waals surface area contributed by atoms with Crippen molar-refractivity contribution >= 4 is 0 Å². The van der Waals surface area contributed by atoms with E-state index in [1.54, 1.807) is 7.11 Å². The molecule has 0 aliphatic heterocycles. The third-order valence-electron chi connectivity index (χ3n) is 3.69. The van der Waals surface area contributed by atoms with Gasteiger partial charge in [-0.25, -0.2) is 4.98 Å². The van der Waals surface area contributed by atoms with Crippen LogP contribution in [0.3, 0.4) is 0 Å². The smallest absolute Gasteiger partial charge is 0.109 e. The standard InChI is InChI=1S/C14H25N3O/c1-18-9-8-15-10-13-11-16-14(17-13)12-6-4-2-3-5-7-12/h11-12,15H,2-10H2,1H3,(H,16,17). The number of H-pyrrole nitrogens is 1. The van der Waals surface area contributed by atoms with Gasteiger partial charge in [-0.3, -0.25) is 0 Å². The van der Waals surface area contributed by atoms with E-state index >= 15 is 0 Å². The van der Waals surface area contributed by atoms with Crippen molar-refractivity contribution in [1.82, 2.24) is 15.3 Å². The number of hydrogen-bond donors (Lipinski definition) is 2. The number of methoxy groups -OCH3 is 1. The number of rotatable bonds is 6. The summed E-state index contributed by atoms with van der Waals surface area (Å²) in [4.78, 5) is 8.03. The van der Waals surface area contributed by atoms with Crippen molar-refractivity contribution in [2.75, 3.05) is 20.3 Å². The van der Waals surface area contributed by atoms with Gasteiger partial charge in [0, 0.05) is 38.0 Å². The molecule has 102 valence electrons. The Labute approximate surface area is 110 Å². The van der Waals surface area contributed by atoms with Crippen LogP contribution in [0.2, 0.25) is 0 Å². The lowest BCUT2D eigenvalue weighted by molar-refractivity contribution is 0.199. The Balaban J connectivity index is 1.81. The molecule has 1 fully saturated rings. The zero-order valence-corrected chi connectivity index (χ0v) is 11.4. The summed E-state index contributed by atoms with van der Waals surface area (Å²) in [5.41, 5.74) is 1.19. The lowest BCUT2D eigenvalue weighted by Crippen LogP contribution is -2.18. The molecule has 0 atom stereocenters. The average molecular weight is 251 g/mol. The Morgan fingerprint density at radius 1 is 1.33 bits per heavy atom.